The van der Waals surface area contributed by atoms with Crippen molar-refractivity contribution >= 4 is 27.3 Å². The predicted molar refractivity (Wildman–Crippen MR) is 60.4 cm³/mol. The summed E-state index contributed by atoms with van der Waals surface area (Å²) in [4.78, 5) is 15.6. The average molecular weight is 277 g/mol. The van der Waals surface area contributed by atoms with Crippen molar-refractivity contribution in [2.45, 2.75) is 17.7 Å². The molecule has 2 heterocycles. The van der Waals surface area contributed by atoms with E-state index < -0.39 is 16.0 Å². The third-order valence-corrected chi connectivity index (χ3v) is 5.09. The summed E-state index contributed by atoms with van der Waals surface area (Å²) in [5, 5.41) is 10.3. The maximum Gasteiger partial charge on any atom is 0.347 e. The standard InChI is InChI=1S/C9H11NO5S2/c11-9(12)8-7(3-6-16-8)17(13,14)10-4-1-2-5-15-10/h3,6H,1-2,4-5H2,(H,11,12). The van der Waals surface area contributed by atoms with Crippen molar-refractivity contribution in [1.82, 2.24) is 4.47 Å². The molecule has 0 aliphatic carbocycles. The number of hydrogen-bond donors (Lipinski definition) is 1. The van der Waals surface area contributed by atoms with Gasteiger partial charge in [-0.25, -0.2) is 13.2 Å². The number of hydroxylamine groups is 1. The molecule has 2 rings (SSSR count). The summed E-state index contributed by atoms with van der Waals surface area (Å²) in [6.07, 6.45) is 1.52. The van der Waals surface area contributed by atoms with E-state index in [0.717, 1.165) is 22.2 Å². The summed E-state index contributed by atoms with van der Waals surface area (Å²) >= 11 is 0.888. The van der Waals surface area contributed by atoms with Gasteiger partial charge in [-0.3, -0.25) is 4.84 Å². The fourth-order valence-electron chi connectivity index (χ4n) is 1.53. The van der Waals surface area contributed by atoms with Crippen molar-refractivity contribution in [3.05, 3.63) is 16.3 Å². The van der Waals surface area contributed by atoms with Crippen LogP contribution in [0, 0.1) is 0 Å². The molecule has 1 aliphatic rings. The lowest BCUT2D eigenvalue weighted by Gasteiger charge is -2.24. The molecule has 1 aliphatic heterocycles. The first-order valence-electron chi connectivity index (χ1n) is 5.00. The lowest BCUT2D eigenvalue weighted by molar-refractivity contribution is -0.108. The van der Waals surface area contributed by atoms with Crippen LogP contribution in [-0.2, 0) is 14.9 Å². The Morgan fingerprint density at radius 2 is 2.24 bits per heavy atom. The topological polar surface area (TPSA) is 83.9 Å². The first-order chi connectivity index (χ1) is 8.03. The zero-order chi connectivity index (χ0) is 12.5. The zero-order valence-corrected chi connectivity index (χ0v) is 10.5. The highest BCUT2D eigenvalue weighted by molar-refractivity contribution is 7.89. The molecule has 0 unspecified atom stereocenters. The Hall–Kier alpha value is -0.960. The Balaban J connectivity index is 2.37. The van der Waals surface area contributed by atoms with Crippen molar-refractivity contribution in [1.29, 1.82) is 0 Å². The summed E-state index contributed by atoms with van der Waals surface area (Å²) in [6, 6.07) is 1.29. The molecule has 1 N–H and O–H groups in total. The quantitative estimate of drug-likeness (QED) is 0.896. The first kappa shape index (κ1) is 12.5. The minimum atomic E-state index is -3.85. The molecule has 0 amide bonds. The van der Waals surface area contributed by atoms with E-state index in [-0.39, 0.29) is 16.3 Å². The Morgan fingerprint density at radius 1 is 1.47 bits per heavy atom. The van der Waals surface area contributed by atoms with Crippen LogP contribution in [0.4, 0.5) is 0 Å². The number of thiophene rings is 1. The third-order valence-electron chi connectivity index (χ3n) is 2.34. The lowest BCUT2D eigenvalue weighted by atomic mass is 10.3. The van der Waals surface area contributed by atoms with Crippen LogP contribution in [0.2, 0.25) is 0 Å². The monoisotopic (exact) mass is 277 g/mol. The number of nitrogens with zero attached hydrogens (tertiary/aromatic N) is 1. The van der Waals surface area contributed by atoms with Crippen LogP contribution in [0.25, 0.3) is 0 Å². The normalized spacial score (nSPS) is 18.1. The van der Waals surface area contributed by atoms with E-state index in [4.69, 9.17) is 9.94 Å². The van der Waals surface area contributed by atoms with Gasteiger partial charge in [0.25, 0.3) is 10.0 Å². The molecule has 17 heavy (non-hydrogen) atoms. The van der Waals surface area contributed by atoms with Crippen LogP contribution in [-0.4, -0.2) is 37.1 Å². The van der Waals surface area contributed by atoms with Crippen LogP contribution in [0.1, 0.15) is 22.5 Å². The molecule has 94 valence electrons. The zero-order valence-electron chi connectivity index (χ0n) is 8.83. The molecule has 0 spiro atoms. The highest BCUT2D eigenvalue weighted by atomic mass is 32.2. The van der Waals surface area contributed by atoms with Crippen LogP contribution >= 0.6 is 11.3 Å². The fraction of sp³-hybridized carbons (Fsp3) is 0.444. The lowest BCUT2D eigenvalue weighted by Crippen LogP contribution is -2.36. The minimum absolute atomic E-state index is 0.181. The van der Waals surface area contributed by atoms with E-state index >= 15 is 0 Å². The highest BCUT2D eigenvalue weighted by Crippen LogP contribution is 2.26. The van der Waals surface area contributed by atoms with Gasteiger partial charge < -0.3 is 5.11 Å². The van der Waals surface area contributed by atoms with Gasteiger partial charge in [-0.15, -0.1) is 11.3 Å². The van der Waals surface area contributed by atoms with E-state index in [0.29, 0.717) is 13.0 Å². The van der Waals surface area contributed by atoms with Crippen LogP contribution in [0.5, 0.6) is 0 Å². The molecular formula is C9H11NO5S2. The number of carboxylic acid groups (broad SMARTS) is 1. The molecule has 6 nitrogen and oxygen atoms in total. The average Bonchev–Trinajstić information content (AvgIpc) is 2.80. The van der Waals surface area contributed by atoms with Gasteiger partial charge in [0.05, 0.1) is 6.61 Å². The van der Waals surface area contributed by atoms with Gasteiger partial charge in [0, 0.05) is 6.54 Å². The molecule has 0 aromatic carbocycles. The Morgan fingerprint density at radius 3 is 2.82 bits per heavy atom. The van der Waals surface area contributed by atoms with Crippen LogP contribution in [0.15, 0.2) is 16.3 Å². The van der Waals surface area contributed by atoms with Gasteiger partial charge in [0.15, 0.2) is 0 Å². The summed E-state index contributed by atoms with van der Waals surface area (Å²) in [5.41, 5.74) is 0. The van der Waals surface area contributed by atoms with E-state index in [9.17, 15) is 13.2 Å². The maximum absolute atomic E-state index is 12.1. The number of carboxylic acids is 1. The van der Waals surface area contributed by atoms with Crippen LogP contribution in [0.3, 0.4) is 0 Å². The van der Waals surface area contributed by atoms with Crippen LogP contribution < -0.4 is 0 Å². The van der Waals surface area contributed by atoms with E-state index in [1.54, 1.807) is 0 Å². The van der Waals surface area contributed by atoms with Gasteiger partial charge in [-0.05, 0) is 24.3 Å². The third kappa shape index (κ3) is 2.34. The molecular weight excluding hydrogens is 266 g/mol. The Labute approximate surface area is 102 Å². The number of sulfonamides is 1. The van der Waals surface area contributed by atoms with Gasteiger partial charge in [-0.2, -0.15) is 0 Å². The highest BCUT2D eigenvalue weighted by Gasteiger charge is 2.32. The van der Waals surface area contributed by atoms with Crippen molar-refractivity contribution in [2.24, 2.45) is 0 Å². The molecule has 1 aromatic heterocycles. The number of carbonyl (C=O) groups is 1. The number of rotatable bonds is 3. The van der Waals surface area contributed by atoms with Gasteiger partial charge in [0.2, 0.25) is 0 Å². The smallest absolute Gasteiger partial charge is 0.347 e. The second-order valence-electron chi connectivity index (χ2n) is 3.49. The molecule has 0 saturated carbocycles. The Bertz CT molecular complexity index is 515. The van der Waals surface area contributed by atoms with E-state index in [1.165, 1.54) is 11.4 Å². The molecule has 0 bridgehead atoms. The van der Waals surface area contributed by atoms with Gasteiger partial charge >= 0.3 is 5.97 Å². The summed E-state index contributed by atoms with van der Waals surface area (Å²) in [7, 11) is -3.85. The molecule has 1 aromatic rings. The molecule has 8 heteroatoms. The predicted octanol–water partition coefficient (Wildman–Crippen LogP) is 1.16. The maximum atomic E-state index is 12.1. The summed E-state index contributed by atoms with van der Waals surface area (Å²) in [5.74, 6) is -1.24. The van der Waals surface area contributed by atoms with E-state index in [2.05, 4.69) is 0 Å². The molecule has 0 atom stereocenters. The van der Waals surface area contributed by atoms with Crippen molar-refractivity contribution in [2.75, 3.05) is 13.2 Å². The molecule has 0 radical (unpaired) electrons. The van der Waals surface area contributed by atoms with Crippen molar-refractivity contribution in [3.63, 3.8) is 0 Å². The van der Waals surface area contributed by atoms with Crippen molar-refractivity contribution in [3.8, 4) is 0 Å². The number of hydrogen-bond acceptors (Lipinski definition) is 5. The van der Waals surface area contributed by atoms with E-state index in [1.807, 2.05) is 0 Å². The van der Waals surface area contributed by atoms with Crippen molar-refractivity contribution < 1.29 is 23.2 Å². The second-order valence-corrected chi connectivity index (χ2v) is 6.20. The summed E-state index contributed by atoms with van der Waals surface area (Å²) < 4.78 is 25.1. The second kappa shape index (κ2) is 4.73. The fourth-order valence-corrected chi connectivity index (χ4v) is 4.07. The summed E-state index contributed by atoms with van der Waals surface area (Å²) in [6.45, 7) is 0.600. The van der Waals surface area contributed by atoms with Gasteiger partial charge in [-0.1, -0.05) is 4.47 Å². The largest absolute Gasteiger partial charge is 0.477 e. The molecule has 1 saturated heterocycles. The minimum Gasteiger partial charge on any atom is -0.477 e. The van der Waals surface area contributed by atoms with Gasteiger partial charge in [0.1, 0.15) is 9.77 Å². The number of aromatic carboxylic acids is 1. The first-order valence-corrected chi connectivity index (χ1v) is 7.32. The SMILES string of the molecule is O=C(O)c1sccc1S(=O)(=O)N1CCCCO1. The molecule has 1 fully saturated rings. The Kier molecular flexibility index (Phi) is 3.48.